The molecule has 0 bridgehead atoms. The number of rotatable bonds is 7. The van der Waals surface area contributed by atoms with Crippen molar-refractivity contribution in [1.82, 2.24) is 0 Å². The predicted octanol–water partition coefficient (Wildman–Crippen LogP) is 3.59. The average molecular weight is 391 g/mol. The first kappa shape index (κ1) is 19.3. The second-order valence-electron chi connectivity index (χ2n) is 6.03. The number of methoxy groups -OCH3 is 1. The van der Waals surface area contributed by atoms with E-state index >= 15 is 0 Å². The van der Waals surface area contributed by atoms with Crippen LogP contribution in [0.1, 0.15) is 6.42 Å². The highest BCUT2D eigenvalue weighted by atomic mass is 35.5. The minimum atomic E-state index is -0.137. The Morgan fingerprint density at radius 2 is 1.89 bits per heavy atom. The lowest BCUT2D eigenvalue weighted by Gasteiger charge is -2.31. The zero-order valence-corrected chi connectivity index (χ0v) is 16.0. The van der Waals surface area contributed by atoms with Gasteiger partial charge in [-0.25, -0.2) is 0 Å². The van der Waals surface area contributed by atoms with Gasteiger partial charge in [-0.15, -0.1) is 0 Å². The first-order valence-corrected chi connectivity index (χ1v) is 9.23. The molecule has 1 N–H and O–H groups in total. The first-order chi connectivity index (χ1) is 13.2. The number of carbonyl (C=O) groups is 1. The van der Waals surface area contributed by atoms with E-state index in [2.05, 4.69) is 10.2 Å². The van der Waals surface area contributed by atoms with Gasteiger partial charge in [0.1, 0.15) is 0 Å². The Morgan fingerprint density at radius 1 is 1.15 bits per heavy atom. The van der Waals surface area contributed by atoms with E-state index in [9.17, 15) is 4.79 Å². The fourth-order valence-corrected chi connectivity index (χ4v) is 3.22. The van der Waals surface area contributed by atoms with Gasteiger partial charge < -0.3 is 24.4 Å². The molecule has 0 unspecified atom stereocenters. The number of nitrogens with zero attached hydrogens (tertiary/aromatic N) is 1. The Labute approximate surface area is 164 Å². The van der Waals surface area contributed by atoms with Crippen molar-refractivity contribution in [3.63, 3.8) is 0 Å². The summed E-state index contributed by atoms with van der Waals surface area (Å²) >= 11 is 6.39. The van der Waals surface area contributed by atoms with Crippen LogP contribution in [0.3, 0.4) is 0 Å². The van der Waals surface area contributed by atoms with E-state index in [4.69, 9.17) is 25.8 Å². The van der Waals surface area contributed by atoms with E-state index in [-0.39, 0.29) is 18.9 Å². The minimum Gasteiger partial charge on any atom is -0.493 e. The number of hydrogen-bond donors (Lipinski definition) is 1. The summed E-state index contributed by atoms with van der Waals surface area (Å²) in [5.74, 6) is 1.12. The highest BCUT2D eigenvalue weighted by molar-refractivity contribution is 6.34. The summed E-state index contributed by atoms with van der Waals surface area (Å²) in [6.07, 6.45) is 0.215. The Hall–Kier alpha value is -2.44. The molecule has 1 aliphatic rings. The molecule has 6 nitrogen and oxygen atoms in total. The normalized spacial score (nSPS) is 13.9. The van der Waals surface area contributed by atoms with Crippen LogP contribution in [0.25, 0.3) is 0 Å². The van der Waals surface area contributed by atoms with Crippen LogP contribution in [-0.4, -0.2) is 45.9 Å². The quantitative estimate of drug-likeness (QED) is 0.782. The molecule has 2 aromatic carbocycles. The minimum absolute atomic E-state index is 0.137. The fraction of sp³-hybridized carbons (Fsp3) is 0.350. The molecule has 0 saturated carbocycles. The maximum Gasteiger partial charge on any atom is 0.227 e. The summed E-state index contributed by atoms with van der Waals surface area (Å²) in [5.41, 5.74) is 1.54. The molecule has 1 fully saturated rings. The molecule has 3 rings (SSSR count). The number of morpholine rings is 1. The number of para-hydroxylation sites is 3. The van der Waals surface area contributed by atoms with Crippen LogP contribution in [0, 0.1) is 0 Å². The molecular formula is C20H23ClN2O4. The zero-order chi connectivity index (χ0) is 19.1. The third-order valence-corrected chi connectivity index (χ3v) is 4.55. The summed E-state index contributed by atoms with van der Waals surface area (Å²) in [6, 6.07) is 12.9. The number of halogens is 1. The maximum absolute atomic E-state index is 12.4. The van der Waals surface area contributed by atoms with Crippen molar-refractivity contribution in [3.8, 4) is 11.5 Å². The van der Waals surface area contributed by atoms with Crippen LogP contribution < -0.4 is 19.7 Å². The van der Waals surface area contributed by atoms with Crippen molar-refractivity contribution in [2.24, 2.45) is 0 Å². The molecule has 144 valence electrons. The van der Waals surface area contributed by atoms with Gasteiger partial charge in [-0.3, -0.25) is 4.79 Å². The van der Waals surface area contributed by atoms with Crippen molar-refractivity contribution in [1.29, 1.82) is 0 Å². The lowest BCUT2D eigenvalue weighted by Crippen LogP contribution is -2.37. The molecule has 0 atom stereocenters. The van der Waals surface area contributed by atoms with Gasteiger partial charge in [0.15, 0.2) is 11.5 Å². The highest BCUT2D eigenvalue weighted by Crippen LogP contribution is 2.34. The van der Waals surface area contributed by atoms with E-state index < -0.39 is 0 Å². The number of ether oxygens (including phenoxy) is 3. The van der Waals surface area contributed by atoms with E-state index in [0.717, 1.165) is 18.8 Å². The van der Waals surface area contributed by atoms with Gasteiger partial charge in [0.2, 0.25) is 5.91 Å². The number of carbonyl (C=O) groups excluding carboxylic acids is 1. The van der Waals surface area contributed by atoms with E-state index in [1.165, 1.54) is 0 Å². The maximum atomic E-state index is 12.4. The second kappa shape index (κ2) is 9.48. The monoisotopic (exact) mass is 390 g/mol. The summed E-state index contributed by atoms with van der Waals surface area (Å²) in [4.78, 5) is 14.5. The molecule has 2 aromatic rings. The molecule has 0 radical (unpaired) electrons. The van der Waals surface area contributed by atoms with Crippen LogP contribution in [0.2, 0.25) is 5.02 Å². The summed E-state index contributed by atoms with van der Waals surface area (Å²) in [7, 11) is 1.58. The van der Waals surface area contributed by atoms with E-state index in [0.29, 0.717) is 35.4 Å². The largest absolute Gasteiger partial charge is 0.493 e. The molecular weight excluding hydrogens is 368 g/mol. The van der Waals surface area contributed by atoms with Gasteiger partial charge in [-0.1, -0.05) is 29.8 Å². The summed E-state index contributed by atoms with van der Waals surface area (Å²) in [5, 5.41) is 3.56. The van der Waals surface area contributed by atoms with Crippen molar-refractivity contribution < 1.29 is 19.0 Å². The number of amides is 1. The number of hydrogen-bond acceptors (Lipinski definition) is 5. The van der Waals surface area contributed by atoms with E-state index in [1.807, 2.05) is 42.5 Å². The summed E-state index contributed by atoms with van der Waals surface area (Å²) in [6.45, 7) is 3.02. The van der Waals surface area contributed by atoms with Gasteiger partial charge in [-0.05, 0) is 24.3 Å². The Balaban J connectivity index is 1.60. The van der Waals surface area contributed by atoms with Gasteiger partial charge in [0.25, 0.3) is 0 Å². The number of nitrogens with one attached hydrogen (secondary N) is 1. The fourth-order valence-electron chi connectivity index (χ4n) is 2.93. The average Bonchev–Trinajstić information content (AvgIpc) is 2.69. The Morgan fingerprint density at radius 3 is 2.63 bits per heavy atom. The van der Waals surface area contributed by atoms with E-state index in [1.54, 1.807) is 7.11 Å². The highest BCUT2D eigenvalue weighted by Gasteiger charge is 2.19. The number of anilines is 2. The van der Waals surface area contributed by atoms with Crippen molar-refractivity contribution in [2.45, 2.75) is 6.42 Å². The third-order valence-electron chi connectivity index (χ3n) is 4.24. The second-order valence-corrected chi connectivity index (χ2v) is 6.44. The molecule has 27 heavy (non-hydrogen) atoms. The molecule has 7 heteroatoms. The van der Waals surface area contributed by atoms with Gasteiger partial charge in [-0.2, -0.15) is 0 Å². The zero-order valence-electron chi connectivity index (χ0n) is 15.2. The van der Waals surface area contributed by atoms with Crippen LogP contribution in [-0.2, 0) is 9.53 Å². The van der Waals surface area contributed by atoms with Gasteiger partial charge in [0.05, 0.1) is 49.7 Å². The van der Waals surface area contributed by atoms with Crippen LogP contribution in [0.4, 0.5) is 11.4 Å². The van der Waals surface area contributed by atoms with Crippen molar-refractivity contribution in [3.05, 3.63) is 47.5 Å². The first-order valence-electron chi connectivity index (χ1n) is 8.86. The van der Waals surface area contributed by atoms with Crippen LogP contribution >= 0.6 is 11.6 Å². The predicted molar refractivity (Wildman–Crippen MR) is 106 cm³/mol. The molecule has 0 aromatic heterocycles. The third kappa shape index (κ3) is 5.05. The van der Waals surface area contributed by atoms with Crippen molar-refractivity contribution >= 4 is 28.9 Å². The SMILES string of the molecule is COc1ccccc1OCCC(=O)Nc1cccc(Cl)c1N1CCOCC1. The lowest BCUT2D eigenvalue weighted by molar-refractivity contribution is -0.116. The molecule has 1 heterocycles. The van der Waals surface area contributed by atoms with Crippen LogP contribution in [0.5, 0.6) is 11.5 Å². The molecule has 1 saturated heterocycles. The molecule has 1 aliphatic heterocycles. The molecule has 1 amide bonds. The van der Waals surface area contributed by atoms with Crippen molar-refractivity contribution in [2.75, 3.05) is 50.2 Å². The topological polar surface area (TPSA) is 60.0 Å². The molecule has 0 aliphatic carbocycles. The van der Waals surface area contributed by atoms with Gasteiger partial charge >= 0.3 is 0 Å². The standard InChI is InChI=1S/C20H23ClN2O4/c1-25-17-7-2-3-8-18(17)27-12-9-19(24)22-16-6-4-5-15(21)20(16)23-10-13-26-14-11-23/h2-8H,9-14H2,1H3,(H,22,24). The summed E-state index contributed by atoms with van der Waals surface area (Å²) < 4.78 is 16.3. The van der Waals surface area contributed by atoms with Crippen LogP contribution in [0.15, 0.2) is 42.5 Å². The smallest absolute Gasteiger partial charge is 0.227 e. The lowest BCUT2D eigenvalue weighted by atomic mass is 10.2. The Bertz CT molecular complexity index is 778. The van der Waals surface area contributed by atoms with Gasteiger partial charge in [0, 0.05) is 13.1 Å². The molecule has 0 spiro atoms. The number of benzene rings is 2. The Kier molecular flexibility index (Phi) is 6.79.